The van der Waals surface area contributed by atoms with Crippen molar-refractivity contribution in [3.05, 3.63) is 70.7 Å². The van der Waals surface area contributed by atoms with Crippen molar-refractivity contribution in [3.8, 4) is 0 Å². The molecule has 2 rings (SSSR count). The van der Waals surface area contributed by atoms with E-state index in [1.165, 1.54) is 0 Å². The van der Waals surface area contributed by atoms with Crippen molar-refractivity contribution < 1.29 is 9.90 Å². The molecule has 116 valence electrons. The standard InChI is InChI=1S/C18H20ClNO2/c1-2-16(13-6-4-3-5-7-13)18(22)20-12-17(21)14-8-10-15(19)11-9-14/h3-11,16-17,21H,2,12H2,1H3,(H,20,22). The van der Waals surface area contributed by atoms with Crippen LogP contribution in [0.1, 0.15) is 36.5 Å². The highest BCUT2D eigenvalue weighted by atomic mass is 35.5. The van der Waals surface area contributed by atoms with E-state index in [0.717, 1.165) is 11.1 Å². The van der Waals surface area contributed by atoms with Crippen LogP contribution in [0, 0.1) is 0 Å². The van der Waals surface area contributed by atoms with E-state index in [1.807, 2.05) is 37.3 Å². The van der Waals surface area contributed by atoms with Crippen LogP contribution in [0.3, 0.4) is 0 Å². The third-order valence-electron chi connectivity index (χ3n) is 3.65. The molecule has 2 aromatic rings. The summed E-state index contributed by atoms with van der Waals surface area (Å²) < 4.78 is 0. The zero-order valence-corrected chi connectivity index (χ0v) is 13.3. The molecule has 0 aliphatic heterocycles. The molecule has 0 bridgehead atoms. The lowest BCUT2D eigenvalue weighted by molar-refractivity contribution is -0.123. The van der Waals surface area contributed by atoms with Gasteiger partial charge >= 0.3 is 0 Å². The first-order chi connectivity index (χ1) is 10.6. The smallest absolute Gasteiger partial charge is 0.227 e. The summed E-state index contributed by atoms with van der Waals surface area (Å²) >= 11 is 5.82. The molecule has 0 spiro atoms. The molecule has 22 heavy (non-hydrogen) atoms. The minimum atomic E-state index is -0.741. The van der Waals surface area contributed by atoms with E-state index in [0.29, 0.717) is 11.4 Å². The molecule has 0 aromatic heterocycles. The van der Waals surface area contributed by atoms with Gasteiger partial charge in [0.25, 0.3) is 0 Å². The highest BCUT2D eigenvalue weighted by Gasteiger charge is 2.19. The molecular weight excluding hydrogens is 298 g/mol. The van der Waals surface area contributed by atoms with Gasteiger partial charge in [0.1, 0.15) is 0 Å². The van der Waals surface area contributed by atoms with Gasteiger partial charge in [-0.25, -0.2) is 0 Å². The van der Waals surface area contributed by atoms with Crippen LogP contribution in [0.5, 0.6) is 0 Å². The Kier molecular flexibility index (Phi) is 5.99. The van der Waals surface area contributed by atoms with Gasteiger partial charge in [0, 0.05) is 11.6 Å². The highest BCUT2D eigenvalue weighted by molar-refractivity contribution is 6.30. The van der Waals surface area contributed by atoms with Gasteiger partial charge in [-0.2, -0.15) is 0 Å². The Hall–Kier alpha value is -1.84. The second-order valence-corrected chi connectivity index (χ2v) is 5.62. The number of aliphatic hydroxyl groups excluding tert-OH is 1. The molecule has 0 fully saturated rings. The minimum absolute atomic E-state index is 0.0679. The average Bonchev–Trinajstić information content (AvgIpc) is 2.55. The van der Waals surface area contributed by atoms with Crippen molar-refractivity contribution in [3.63, 3.8) is 0 Å². The second kappa shape index (κ2) is 7.97. The summed E-state index contributed by atoms with van der Waals surface area (Å²) in [6.07, 6.45) is -0.0260. The first kappa shape index (κ1) is 16.5. The van der Waals surface area contributed by atoms with Crippen LogP contribution in [-0.2, 0) is 4.79 Å². The fourth-order valence-electron chi connectivity index (χ4n) is 2.38. The van der Waals surface area contributed by atoms with Crippen molar-refractivity contribution in [2.45, 2.75) is 25.4 Å². The number of aliphatic hydroxyl groups is 1. The maximum absolute atomic E-state index is 12.3. The largest absolute Gasteiger partial charge is 0.387 e. The van der Waals surface area contributed by atoms with Crippen LogP contribution in [0.4, 0.5) is 0 Å². The second-order valence-electron chi connectivity index (χ2n) is 5.18. The number of carbonyl (C=O) groups excluding carboxylic acids is 1. The van der Waals surface area contributed by atoms with E-state index in [4.69, 9.17) is 11.6 Å². The Bertz CT molecular complexity index is 598. The highest BCUT2D eigenvalue weighted by Crippen LogP contribution is 2.20. The van der Waals surface area contributed by atoms with Crippen LogP contribution < -0.4 is 5.32 Å². The summed E-state index contributed by atoms with van der Waals surface area (Å²) in [5, 5.41) is 13.6. The van der Waals surface area contributed by atoms with Crippen LogP contribution >= 0.6 is 11.6 Å². The molecule has 0 saturated carbocycles. The molecule has 3 nitrogen and oxygen atoms in total. The van der Waals surface area contributed by atoms with E-state index in [-0.39, 0.29) is 18.4 Å². The fourth-order valence-corrected chi connectivity index (χ4v) is 2.51. The molecule has 2 aromatic carbocycles. The van der Waals surface area contributed by atoms with Gasteiger partial charge in [-0.15, -0.1) is 0 Å². The third-order valence-corrected chi connectivity index (χ3v) is 3.90. The predicted octanol–water partition coefficient (Wildman–Crippen LogP) is 3.68. The summed E-state index contributed by atoms with van der Waals surface area (Å²) in [5.41, 5.74) is 1.72. The summed E-state index contributed by atoms with van der Waals surface area (Å²) in [4.78, 5) is 12.3. The molecular formula is C18H20ClNO2. The van der Waals surface area contributed by atoms with Gasteiger partial charge in [0.15, 0.2) is 0 Å². The molecule has 0 saturated heterocycles. The number of hydrogen-bond donors (Lipinski definition) is 2. The molecule has 2 unspecified atom stereocenters. The quantitative estimate of drug-likeness (QED) is 0.853. The number of rotatable bonds is 6. The minimum Gasteiger partial charge on any atom is -0.387 e. The van der Waals surface area contributed by atoms with Crippen LogP contribution in [-0.4, -0.2) is 17.6 Å². The van der Waals surface area contributed by atoms with Gasteiger partial charge in [0.2, 0.25) is 5.91 Å². The molecule has 2 atom stereocenters. The summed E-state index contributed by atoms with van der Waals surface area (Å²) in [5.74, 6) is -0.264. The zero-order chi connectivity index (χ0) is 15.9. The molecule has 0 aliphatic rings. The summed E-state index contributed by atoms with van der Waals surface area (Å²) in [6, 6.07) is 16.6. The van der Waals surface area contributed by atoms with Gasteiger partial charge in [-0.1, -0.05) is 61.0 Å². The number of halogens is 1. The first-order valence-corrected chi connectivity index (χ1v) is 7.75. The van der Waals surface area contributed by atoms with Crippen LogP contribution in [0.25, 0.3) is 0 Å². The Morgan fingerprint density at radius 1 is 1.09 bits per heavy atom. The Morgan fingerprint density at radius 2 is 1.73 bits per heavy atom. The lowest BCUT2D eigenvalue weighted by Gasteiger charge is -2.17. The maximum atomic E-state index is 12.3. The van der Waals surface area contributed by atoms with Crippen molar-refractivity contribution in [1.82, 2.24) is 5.32 Å². The van der Waals surface area contributed by atoms with Gasteiger partial charge in [-0.3, -0.25) is 4.79 Å². The molecule has 0 heterocycles. The first-order valence-electron chi connectivity index (χ1n) is 7.38. The topological polar surface area (TPSA) is 49.3 Å². The summed E-state index contributed by atoms with van der Waals surface area (Å²) in [7, 11) is 0. The Labute approximate surface area is 135 Å². The molecule has 4 heteroatoms. The normalized spacial score (nSPS) is 13.4. The monoisotopic (exact) mass is 317 g/mol. The fraction of sp³-hybridized carbons (Fsp3) is 0.278. The number of amides is 1. The van der Waals surface area contributed by atoms with E-state index in [2.05, 4.69) is 5.32 Å². The number of carbonyl (C=O) groups is 1. The lowest BCUT2D eigenvalue weighted by Crippen LogP contribution is -2.32. The molecule has 1 amide bonds. The van der Waals surface area contributed by atoms with Crippen molar-refractivity contribution >= 4 is 17.5 Å². The molecule has 0 radical (unpaired) electrons. The number of hydrogen-bond acceptors (Lipinski definition) is 2. The third kappa shape index (κ3) is 4.33. The van der Waals surface area contributed by atoms with E-state index in [9.17, 15) is 9.90 Å². The van der Waals surface area contributed by atoms with Crippen LogP contribution in [0.2, 0.25) is 5.02 Å². The zero-order valence-electron chi connectivity index (χ0n) is 12.5. The lowest BCUT2D eigenvalue weighted by atomic mass is 9.95. The Balaban J connectivity index is 1.95. The number of benzene rings is 2. The van der Waals surface area contributed by atoms with Crippen molar-refractivity contribution in [2.24, 2.45) is 0 Å². The molecule has 2 N–H and O–H groups in total. The van der Waals surface area contributed by atoms with Gasteiger partial charge in [-0.05, 0) is 29.7 Å². The molecule has 0 aliphatic carbocycles. The van der Waals surface area contributed by atoms with E-state index >= 15 is 0 Å². The van der Waals surface area contributed by atoms with Crippen molar-refractivity contribution in [2.75, 3.05) is 6.54 Å². The maximum Gasteiger partial charge on any atom is 0.227 e. The van der Waals surface area contributed by atoms with E-state index < -0.39 is 6.10 Å². The number of nitrogens with one attached hydrogen (secondary N) is 1. The average molecular weight is 318 g/mol. The van der Waals surface area contributed by atoms with Crippen molar-refractivity contribution in [1.29, 1.82) is 0 Å². The summed E-state index contributed by atoms with van der Waals surface area (Å²) in [6.45, 7) is 2.16. The Morgan fingerprint density at radius 3 is 2.32 bits per heavy atom. The predicted molar refractivity (Wildman–Crippen MR) is 88.9 cm³/mol. The van der Waals surface area contributed by atoms with E-state index in [1.54, 1.807) is 24.3 Å². The van der Waals surface area contributed by atoms with Gasteiger partial charge in [0.05, 0.1) is 12.0 Å². The van der Waals surface area contributed by atoms with Gasteiger partial charge < -0.3 is 10.4 Å². The van der Waals surface area contributed by atoms with Crippen LogP contribution in [0.15, 0.2) is 54.6 Å². The SMILES string of the molecule is CCC(C(=O)NCC(O)c1ccc(Cl)cc1)c1ccccc1.